The van der Waals surface area contributed by atoms with Crippen molar-refractivity contribution in [2.45, 2.75) is 45.4 Å². The molecule has 0 aliphatic rings. The molecule has 6 heteroatoms. The number of likely N-dealkylation sites (N-methyl/N-ethyl adjacent to an activating group) is 1. The van der Waals surface area contributed by atoms with Gasteiger partial charge in [-0.05, 0) is 34.7 Å². The quantitative estimate of drug-likeness (QED) is 0.713. The van der Waals surface area contributed by atoms with E-state index in [1.54, 1.807) is 34.7 Å². The van der Waals surface area contributed by atoms with E-state index in [0.29, 0.717) is 0 Å². The van der Waals surface area contributed by atoms with E-state index < -0.39 is 23.7 Å². The van der Waals surface area contributed by atoms with Crippen molar-refractivity contribution in [3.05, 3.63) is 0 Å². The monoisotopic (exact) mass is 246 g/mol. The Morgan fingerprint density at radius 1 is 1.24 bits per heavy atom. The van der Waals surface area contributed by atoms with Crippen molar-refractivity contribution < 1.29 is 19.1 Å². The van der Waals surface area contributed by atoms with Crippen LogP contribution in [0.3, 0.4) is 0 Å². The Balaban J connectivity index is 4.54. The minimum Gasteiger partial charge on any atom is -0.467 e. The maximum Gasteiger partial charge on any atom is 0.408 e. The summed E-state index contributed by atoms with van der Waals surface area (Å²) in [4.78, 5) is 23.0. The Labute approximate surface area is 102 Å². The highest BCUT2D eigenvalue weighted by Crippen LogP contribution is 2.07. The molecule has 2 N–H and O–H groups in total. The van der Waals surface area contributed by atoms with Crippen LogP contribution in [-0.2, 0) is 14.3 Å². The SMILES string of the molecule is CN[C@H](C)[C@@H](NC(=O)OC(C)(C)C)C(=O)OC. The minimum atomic E-state index is -0.778. The van der Waals surface area contributed by atoms with Gasteiger partial charge < -0.3 is 20.1 Å². The number of ether oxygens (including phenoxy) is 2. The number of nitrogens with one attached hydrogen (secondary N) is 2. The van der Waals surface area contributed by atoms with E-state index in [4.69, 9.17) is 4.74 Å². The van der Waals surface area contributed by atoms with Gasteiger partial charge in [-0.2, -0.15) is 0 Å². The molecule has 2 atom stereocenters. The second-order valence-corrected chi connectivity index (χ2v) is 4.72. The van der Waals surface area contributed by atoms with Crippen molar-refractivity contribution >= 4 is 12.1 Å². The minimum absolute atomic E-state index is 0.255. The zero-order chi connectivity index (χ0) is 13.6. The van der Waals surface area contributed by atoms with Gasteiger partial charge in [0.15, 0.2) is 0 Å². The number of alkyl carbamates (subject to hydrolysis) is 1. The largest absolute Gasteiger partial charge is 0.467 e. The Bertz CT molecular complexity index is 273. The third-order valence-electron chi connectivity index (χ3n) is 2.08. The van der Waals surface area contributed by atoms with E-state index in [0.717, 1.165) is 0 Å². The molecule has 1 amide bonds. The van der Waals surface area contributed by atoms with E-state index >= 15 is 0 Å². The van der Waals surface area contributed by atoms with E-state index in [1.807, 2.05) is 0 Å². The van der Waals surface area contributed by atoms with Gasteiger partial charge in [0.25, 0.3) is 0 Å². The fourth-order valence-corrected chi connectivity index (χ4v) is 1.12. The predicted octanol–water partition coefficient (Wildman–Crippen LogP) is 0.661. The first kappa shape index (κ1) is 15.7. The van der Waals surface area contributed by atoms with Gasteiger partial charge in [-0.1, -0.05) is 0 Å². The van der Waals surface area contributed by atoms with Gasteiger partial charge in [0.2, 0.25) is 0 Å². The average Bonchev–Trinajstić information content (AvgIpc) is 2.21. The third kappa shape index (κ3) is 6.11. The summed E-state index contributed by atoms with van der Waals surface area (Å²) in [7, 11) is 2.96. The zero-order valence-electron chi connectivity index (χ0n) is 11.3. The summed E-state index contributed by atoms with van der Waals surface area (Å²) >= 11 is 0. The molecule has 0 heterocycles. The van der Waals surface area contributed by atoms with Crippen LogP contribution in [0.5, 0.6) is 0 Å². The lowest BCUT2D eigenvalue weighted by Crippen LogP contribution is -2.53. The number of carbonyl (C=O) groups excluding carboxylic acids is 2. The molecule has 0 saturated heterocycles. The van der Waals surface area contributed by atoms with Gasteiger partial charge in [0.1, 0.15) is 11.6 Å². The van der Waals surface area contributed by atoms with Gasteiger partial charge >= 0.3 is 12.1 Å². The first-order valence-electron chi connectivity index (χ1n) is 5.46. The van der Waals surface area contributed by atoms with Gasteiger partial charge in [-0.25, -0.2) is 9.59 Å². The molecule has 100 valence electrons. The highest BCUT2D eigenvalue weighted by Gasteiger charge is 2.28. The van der Waals surface area contributed by atoms with E-state index in [9.17, 15) is 9.59 Å². The smallest absolute Gasteiger partial charge is 0.408 e. The summed E-state index contributed by atoms with van der Waals surface area (Å²) < 4.78 is 9.69. The van der Waals surface area contributed by atoms with Crippen LogP contribution in [0.4, 0.5) is 4.79 Å². The molecule has 0 spiro atoms. The first-order chi connectivity index (χ1) is 7.71. The molecular formula is C11H22N2O4. The zero-order valence-corrected chi connectivity index (χ0v) is 11.3. The van der Waals surface area contributed by atoms with Crippen molar-refractivity contribution in [3.63, 3.8) is 0 Å². The molecule has 0 aromatic carbocycles. The first-order valence-corrected chi connectivity index (χ1v) is 5.46. The average molecular weight is 246 g/mol. The van der Waals surface area contributed by atoms with Gasteiger partial charge in [0.05, 0.1) is 7.11 Å². The van der Waals surface area contributed by atoms with Crippen LogP contribution < -0.4 is 10.6 Å². The highest BCUT2D eigenvalue weighted by molar-refractivity contribution is 5.82. The molecule has 0 aliphatic heterocycles. The maximum absolute atomic E-state index is 11.5. The van der Waals surface area contributed by atoms with Crippen molar-refractivity contribution in [2.75, 3.05) is 14.2 Å². The normalized spacial score (nSPS) is 14.7. The molecule has 0 saturated carbocycles. The Morgan fingerprint density at radius 2 is 1.76 bits per heavy atom. The summed E-state index contributed by atoms with van der Waals surface area (Å²) in [6.07, 6.45) is -0.644. The Hall–Kier alpha value is -1.30. The standard InChI is InChI=1S/C11H22N2O4/c1-7(12-5)8(9(14)16-6)13-10(15)17-11(2,3)4/h7-8,12H,1-6H3,(H,13,15)/t7-,8-/m1/s1. The van der Waals surface area contributed by atoms with Crippen LogP contribution in [0, 0.1) is 0 Å². The number of methoxy groups -OCH3 is 1. The fourth-order valence-electron chi connectivity index (χ4n) is 1.12. The molecule has 0 rings (SSSR count). The van der Waals surface area contributed by atoms with Gasteiger partial charge in [0, 0.05) is 6.04 Å². The van der Waals surface area contributed by atoms with E-state index in [1.165, 1.54) is 7.11 Å². The van der Waals surface area contributed by atoms with E-state index in [-0.39, 0.29) is 6.04 Å². The van der Waals surface area contributed by atoms with Gasteiger partial charge in [-0.3, -0.25) is 0 Å². The topological polar surface area (TPSA) is 76.7 Å². The van der Waals surface area contributed by atoms with Crippen LogP contribution in [0.25, 0.3) is 0 Å². The second kappa shape index (κ2) is 6.44. The van der Waals surface area contributed by atoms with Crippen LogP contribution in [0.1, 0.15) is 27.7 Å². The van der Waals surface area contributed by atoms with E-state index in [2.05, 4.69) is 15.4 Å². The molecule has 0 radical (unpaired) electrons. The van der Waals surface area contributed by atoms with Crippen LogP contribution in [0.2, 0.25) is 0 Å². The summed E-state index contributed by atoms with van der Waals surface area (Å²) in [5.74, 6) is -0.516. The lowest BCUT2D eigenvalue weighted by Gasteiger charge is -2.25. The number of hydrogen-bond donors (Lipinski definition) is 2. The highest BCUT2D eigenvalue weighted by atomic mass is 16.6. The Morgan fingerprint density at radius 3 is 2.12 bits per heavy atom. The number of amides is 1. The number of carbonyl (C=O) groups is 2. The van der Waals surface area contributed by atoms with Gasteiger partial charge in [-0.15, -0.1) is 0 Å². The second-order valence-electron chi connectivity index (χ2n) is 4.72. The lowest BCUT2D eigenvalue weighted by molar-refractivity contribution is -0.143. The summed E-state index contributed by atoms with van der Waals surface area (Å²) in [5, 5.41) is 5.35. The summed E-state index contributed by atoms with van der Waals surface area (Å²) in [5.41, 5.74) is -0.604. The van der Waals surface area contributed by atoms with Crippen molar-refractivity contribution in [1.29, 1.82) is 0 Å². The molecule has 0 aromatic rings. The predicted molar refractivity (Wildman–Crippen MR) is 63.7 cm³/mol. The summed E-state index contributed by atoms with van der Waals surface area (Å²) in [6, 6.07) is -1.03. The lowest BCUT2D eigenvalue weighted by atomic mass is 10.1. The number of rotatable bonds is 4. The molecule has 0 aromatic heterocycles. The fraction of sp³-hybridized carbons (Fsp3) is 0.818. The van der Waals surface area contributed by atoms with Crippen LogP contribution in [0.15, 0.2) is 0 Å². The number of esters is 1. The number of hydrogen-bond acceptors (Lipinski definition) is 5. The van der Waals surface area contributed by atoms with Crippen molar-refractivity contribution in [2.24, 2.45) is 0 Å². The Kier molecular flexibility index (Phi) is 5.95. The molecule has 6 nitrogen and oxygen atoms in total. The van der Waals surface area contributed by atoms with Crippen LogP contribution in [-0.4, -0.2) is 43.9 Å². The molecule has 17 heavy (non-hydrogen) atoms. The van der Waals surface area contributed by atoms with Crippen molar-refractivity contribution in [3.8, 4) is 0 Å². The molecule has 0 aliphatic carbocycles. The van der Waals surface area contributed by atoms with Crippen LogP contribution >= 0.6 is 0 Å². The molecule has 0 fully saturated rings. The van der Waals surface area contributed by atoms with Crippen molar-refractivity contribution in [1.82, 2.24) is 10.6 Å². The summed E-state index contributed by atoms with van der Waals surface area (Å²) in [6.45, 7) is 7.02. The molecular weight excluding hydrogens is 224 g/mol. The maximum atomic E-state index is 11.5. The third-order valence-corrected chi connectivity index (χ3v) is 2.08. The molecule has 0 unspecified atom stereocenters. The molecule has 0 bridgehead atoms.